The minimum Gasteiger partial charge on any atom is -0.286 e. The molecule has 0 spiro atoms. The van der Waals surface area contributed by atoms with E-state index in [-0.39, 0.29) is 0 Å². The monoisotopic (exact) mass is 296 g/mol. The number of nitrogens with zero attached hydrogens (tertiary/aromatic N) is 6. The average Bonchev–Trinajstić information content (AvgIpc) is 3.13. The summed E-state index contributed by atoms with van der Waals surface area (Å²) in [7, 11) is 0. The third kappa shape index (κ3) is 2.25. The first-order chi connectivity index (χ1) is 10.4. The highest BCUT2D eigenvalue weighted by molar-refractivity contribution is 7.97. The summed E-state index contributed by atoms with van der Waals surface area (Å²) in [5, 5.41) is 16.8. The van der Waals surface area contributed by atoms with Crippen molar-refractivity contribution >= 4 is 23.1 Å². The van der Waals surface area contributed by atoms with Gasteiger partial charge in [-0.3, -0.25) is 8.80 Å². The molecule has 21 heavy (non-hydrogen) atoms. The van der Waals surface area contributed by atoms with E-state index in [9.17, 15) is 0 Å². The summed E-state index contributed by atoms with van der Waals surface area (Å²) in [6.45, 7) is 0. The fourth-order valence-electron chi connectivity index (χ4n) is 2.21. The quantitative estimate of drug-likeness (QED) is 0.578. The molecule has 4 rings (SSSR count). The third-order valence-corrected chi connectivity index (χ3v) is 4.16. The van der Waals surface area contributed by atoms with Gasteiger partial charge in [0.1, 0.15) is 11.6 Å². The molecular weight excluding hydrogens is 284 g/mol. The van der Waals surface area contributed by atoms with Crippen molar-refractivity contribution in [3.05, 3.63) is 60.4 Å². The number of hydrogen-bond acceptors (Lipinski definition) is 5. The second kappa shape index (κ2) is 5.17. The van der Waals surface area contributed by atoms with Gasteiger partial charge in [0, 0.05) is 12.4 Å². The molecule has 0 atom stereocenters. The van der Waals surface area contributed by atoms with Crippen molar-refractivity contribution in [3.63, 3.8) is 0 Å². The van der Waals surface area contributed by atoms with Crippen LogP contribution in [0.15, 0.2) is 48.8 Å². The first-order valence-electron chi connectivity index (χ1n) is 6.57. The molecule has 4 heterocycles. The second-order valence-corrected chi connectivity index (χ2v) is 5.57. The Kier molecular flexibility index (Phi) is 3.04. The van der Waals surface area contributed by atoms with Crippen LogP contribution < -0.4 is 0 Å². The molecule has 0 unspecified atom stereocenters. The largest absolute Gasteiger partial charge is 0.286 e. The van der Waals surface area contributed by atoms with Gasteiger partial charge in [-0.1, -0.05) is 12.1 Å². The molecule has 0 saturated carbocycles. The van der Waals surface area contributed by atoms with Gasteiger partial charge in [-0.25, -0.2) is 0 Å². The van der Waals surface area contributed by atoms with E-state index in [1.54, 1.807) is 11.8 Å². The predicted molar refractivity (Wildman–Crippen MR) is 81.0 cm³/mol. The Balaban J connectivity index is 1.50. The van der Waals surface area contributed by atoms with Gasteiger partial charge in [0.05, 0.1) is 11.5 Å². The molecule has 7 heteroatoms. The number of pyridine rings is 2. The Morgan fingerprint density at radius 3 is 1.76 bits per heavy atom. The molecule has 0 radical (unpaired) electrons. The third-order valence-electron chi connectivity index (χ3n) is 3.23. The fourth-order valence-corrected chi connectivity index (χ4v) is 3.07. The van der Waals surface area contributed by atoms with E-state index in [2.05, 4.69) is 20.4 Å². The van der Waals surface area contributed by atoms with Crippen LogP contribution in [0, 0.1) is 0 Å². The van der Waals surface area contributed by atoms with Crippen LogP contribution in [-0.2, 0) is 11.5 Å². The zero-order valence-electron chi connectivity index (χ0n) is 11.1. The number of thioether (sulfide) groups is 1. The van der Waals surface area contributed by atoms with Gasteiger partial charge in [-0.05, 0) is 24.3 Å². The van der Waals surface area contributed by atoms with E-state index in [0.717, 1.165) is 34.4 Å². The topological polar surface area (TPSA) is 60.4 Å². The van der Waals surface area contributed by atoms with Crippen molar-refractivity contribution < 1.29 is 0 Å². The molecule has 6 nitrogen and oxygen atoms in total. The van der Waals surface area contributed by atoms with E-state index in [1.807, 2.05) is 57.6 Å². The first-order valence-corrected chi connectivity index (χ1v) is 7.72. The van der Waals surface area contributed by atoms with Gasteiger partial charge in [0.15, 0.2) is 11.3 Å². The Hall–Kier alpha value is -2.41. The predicted octanol–water partition coefficient (Wildman–Crippen LogP) is 2.21. The highest BCUT2D eigenvalue weighted by Crippen LogP contribution is 2.17. The number of rotatable bonds is 4. The van der Waals surface area contributed by atoms with Crippen molar-refractivity contribution in [3.8, 4) is 0 Å². The standard InChI is InChI=1S/C14H12N6S/c1-3-7-19-11(5-1)15-17-13(19)9-21-10-14-18-16-12-6-2-4-8-20(12)14/h1-8H,9-10H2. The minimum absolute atomic E-state index is 0.785. The van der Waals surface area contributed by atoms with Crippen molar-refractivity contribution in [1.82, 2.24) is 29.2 Å². The SMILES string of the molecule is c1ccn2c(CSCc3nnc4ccccn34)nnc2c1. The zero-order valence-corrected chi connectivity index (χ0v) is 11.9. The molecule has 0 fully saturated rings. The smallest absolute Gasteiger partial charge is 0.160 e. The van der Waals surface area contributed by atoms with Crippen molar-refractivity contribution in [1.29, 1.82) is 0 Å². The summed E-state index contributed by atoms with van der Waals surface area (Å²) in [5.74, 6) is 3.47. The molecule has 0 bridgehead atoms. The Labute approximate surface area is 124 Å². The zero-order chi connectivity index (χ0) is 14.1. The lowest BCUT2D eigenvalue weighted by molar-refractivity contribution is 0.973. The first kappa shape index (κ1) is 12.3. The second-order valence-electron chi connectivity index (χ2n) is 4.58. The van der Waals surface area contributed by atoms with E-state index >= 15 is 0 Å². The summed E-state index contributed by atoms with van der Waals surface area (Å²) in [6, 6.07) is 11.8. The molecule has 0 amide bonds. The Morgan fingerprint density at radius 1 is 0.714 bits per heavy atom. The van der Waals surface area contributed by atoms with Gasteiger partial charge in [-0.15, -0.1) is 32.2 Å². The summed E-state index contributed by atoms with van der Waals surface area (Å²) in [4.78, 5) is 0. The molecule has 104 valence electrons. The van der Waals surface area contributed by atoms with Crippen molar-refractivity contribution in [2.45, 2.75) is 11.5 Å². The summed E-state index contributed by atoms with van der Waals surface area (Å²) in [6.07, 6.45) is 3.97. The van der Waals surface area contributed by atoms with Crippen LogP contribution in [0.3, 0.4) is 0 Å². The van der Waals surface area contributed by atoms with E-state index in [1.165, 1.54) is 0 Å². The van der Waals surface area contributed by atoms with Gasteiger partial charge >= 0.3 is 0 Å². The van der Waals surface area contributed by atoms with Crippen LogP contribution in [0.1, 0.15) is 11.6 Å². The molecular formula is C14H12N6S. The molecule has 0 aliphatic carbocycles. The van der Waals surface area contributed by atoms with Gasteiger partial charge in [0.2, 0.25) is 0 Å². The van der Waals surface area contributed by atoms with E-state index in [0.29, 0.717) is 0 Å². The Morgan fingerprint density at radius 2 is 1.24 bits per heavy atom. The lowest BCUT2D eigenvalue weighted by Crippen LogP contribution is -1.95. The van der Waals surface area contributed by atoms with Crippen LogP contribution in [0.2, 0.25) is 0 Å². The molecule has 4 aromatic rings. The van der Waals surface area contributed by atoms with Crippen LogP contribution in [0.25, 0.3) is 11.3 Å². The molecule has 0 N–H and O–H groups in total. The molecule has 4 aromatic heterocycles. The minimum atomic E-state index is 0.785. The molecule has 0 aliphatic rings. The number of fused-ring (bicyclic) bond motifs is 2. The summed E-state index contributed by atoms with van der Waals surface area (Å²) >= 11 is 1.75. The molecule has 0 aliphatic heterocycles. The van der Waals surface area contributed by atoms with Crippen molar-refractivity contribution in [2.75, 3.05) is 0 Å². The average molecular weight is 296 g/mol. The maximum atomic E-state index is 4.23. The number of hydrogen-bond donors (Lipinski definition) is 0. The normalized spacial score (nSPS) is 11.4. The van der Waals surface area contributed by atoms with E-state index in [4.69, 9.17) is 0 Å². The van der Waals surface area contributed by atoms with E-state index < -0.39 is 0 Å². The Bertz CT molecular complexity index is 822. The highest BCUT2D eigenvalue weighted by Gasteiger charge is 2.07. The van der Waals surface area contributed by atoms with Crippen LogP contribution in [0.4, 0.5) is 0 Å². The maximum absolute atomic E-state index is 4.23. The fraction of sp³-hybridized carbons (Fsp3) is 0.143. The van der Waals surface area contributed by atoms with Gasteiger partial charge in [-0.2, -0.15) is 0 Å². The molecule has 0 aromatic carbocycles. The molecule has 0 saturated heterocycles. The van der Waals surface area contributed by atoms with Crippen LogP contribution >= 0.6 is 11.8 Å². The van der Waals surface area contributed by atoms with Crippen molar-refractivity contribution in [2.24, 2.45) is 0 Å². The van der Waals surface area contributed by atoms with Crippen LogP contribution in [0.5, 0.6) is 0 Å². The highest BCUT2D eigenvalue weighted by atomic mass is 32.2. The summed E-state index contributed by atoms with van der Waals surface area (Å²) < 4.78 is 4.02. The van der Waals surface area contributed by atoms with Crippen LogP contribution in [-0.4, -0.2) is 29.2 Å². The lowest BCUT2D eigenvalue weighted by atomic mass is 10.5. The number of aromatic nitrogens is 6. The lowest BCUT2D eigenvalue weighted by Gasteiger charge is -2.00. The van der Waals surface area contributed by atoms with Gasteiger partial charge in [0.25, 0.3) is 0 Å². The van der Waals surface area contributed by atoms with Gasteiger partial charge < -0.3 is 0 Å². The summed E-state index contributed by atoms with van der Waals surface area (Å²) in [5.41, 5.74) is 1.75. The maximum Gasteiger partial charge on any atom is 0.160 e.